The van der Waals surface area contributed by atoms with E-state index in [0.29, 0.717) is 4.90 Å². The van der Waals surface area contributed by atoms with E-state index in [4.69, 9.17) is 0 Å². The molecule has 1 aromatic carbocycles. The van der Waals surface area contributed by atoms with Crippen molar-refractivity contribution in [3.8, 4) is 0 Å². The zero-order chi connectivity index (χ0) is 9.14. The Morgan fingerprint density at radius 1 is 1.58 bits per heavy atom. The van der Waals surface area contributed by atoms with Crippen LogP contribution in [0.25, 0.3) is 0 Å². The third kappa shape index (κ3) is 2.06. The lowest BCUT2D eigenvalue weighted by molar-refractivity contribution is 0.522. The highest BCUT2D eigenvalue weighted by atomic mass is 32.2. The summed E-state index contributed by atoms with van der Waals surface area (Å²) in [5.74, 6) is -0.699. The largest absolute Gasteiger partial charge is 0.768 e. The average molecular weight is 205 g/mol. The third-order valence-electron chi connectivity index (χ3n) is 1.32. The van der Waals surface area contributed by atoms with Gasteiger partial charge >= 0.3 is 0 Å². The summed E-state index contributed by atoms with van der Waals surface area (Å²) < 4.78 is 33.6. The molecule has 0 aliphatic rings. The summed E-state index contributed by atoms with van der Waals surface area (Å²) in [4.78, 5) is 0.425. The maximum Gasteiger partial charge on any atom is 0.139 e. The van der Waals surface area contributed by atoms with Gasteiger partial charge in [0.15, 0.2) is 0 Å². The summed E-state index contributed by atoms with van der Waals surface area (Å²) in [7, 11) is 0. The van der Waals surface area contributed by atoms with Crippen LogP contribution in [0.5, 0.6) is 0 Å². The first-order valence-electron chi connectivity index (χ1n) is 3.08. The quantitative estimate of drug-likeness (QED) is 0.546. The van der Waals surface area contributed by atoms with Crippen molar-refractivity contribution in [3.63, 3.8) is 0 Å². The molecule has 0 saturated heterocycles. The lowest BCUT2D eigenvalue weighted by atomic mass is 10.3. The topological polar surface area (TPSA) is 40.1 Å². The SMILES string of the molecule is CSc1ccc(S(=O)[O-])c(F)c1. The highest BCUT2D eigenvalue weighted by Crippen LogP contribution is 2.19. The van der Waals surface area contributed by atoms with Gasteiger partial charge in [0, 0.05) is 4.90 Å². The van der Waals surface area contributed by atoms with Crippen LogP contribution in [0.3, 0.4) is 0 Å². The fourth-order valence-corrected chi connectivity index (χ4v) is 1.57. The summed E-state index contributed by atoms with van der Waals surface area (Å²) in [5.41, 5.74) is 0. The van der Waals surface area contributed by atoms with E-state index in [1.165, 1.54) is 23.9 Å². The van der Waals surface area contributed by atoms with Gasteiger partial charge in [-0.15, -0.1) is 11.8 Å². The van der Waals surface area contributed by atoms with E-state index in [1.807, 2.05) is 0 Å². The van der Waals surface area contributed by atoms with Crippen molar-refractivity contribution in [2.45, 2.75) is 9.79 Å². The molecule has 0 aromatic heterocycles. The van der Waals surface area contributed by atoms with Gasteiger partial charge in [-0.3, -0.25) is 4.21 Å². The Bertz CT molecular complexity index is 314. The number of benzene rings is 1. The molecule has 0 N–H and O–H groups in total. The predicted molar refractivity (Wildman–Crippen MR) is 45.4 cm³/mol. The fraction of sp³-hybridized carbons (Fsp3) is 0.143. The van der Waals surface area contributed by atoms with Gasteiger partial charge in [0.2, 0.25) is 0 Å². The van der Waals surface area contributed by atoms with Crippen LogP contribution in [0, 0.1) is 5.82 Å². The van der Waals surface area contributed by atoms with Crippen molar-refractivity contribution in [1.82, 2.24) is 0 Å². The van der Waals surface area contributed by atoms with Gasteiger partial charge in [0.25, 0.3) is 0 Å². The highest BCUT2D eigenvalue weighted by molar-refractivity contribution is 7.98. The molecule has 0 amide bonds. The van der Waals surface area contributed by atoms with E-state index in [0.717, 1.165) is 0 Å². The van der Waals surface area contributed by atoms with E-state index in [9.17, 15) is 13.2 Å². The first-order valence-corrected chi connectivity index (χ1v) is 5.38. The lowest BCUT2D eigenvalue weighted by Crippen LogP contribution is -1.93. The molecule has 0 aliphatic heterocycles. The minimum absolute atomic E-state index is 0.284. The molecule has 1 unspecified atom stereocenters. The van der Waals surface area contributed by atoms with Crippen LogP contribution >= 0.6 is 11.8 Å². The van der Waals surface area contributed by atoms with Crippen LogP contribution in [0.15, 0.2) is 28.0 Å². The summed E-state index contributed by atoms with van der Waals surface area (Å²) in [6.45, 7) is 0. The molecule has 1 aromatic rings. The summed E-state index contributed by atoms with van der Waals surface area (Å²) in [6, 6.07) is 4.03. The van der Waals surface area contributed by atoms with Crippen LogP contribution < -0.4 is 0 Å². The van der Waals surface area contributed by atoms with Gasteiger partial charge in [0.05, 0.1) is 4.90 Å². The first-order chi connectivity index (χ1) is 5.65. The second-order valence-corrected chi connectivity index (χ2v) is 3.82. The average Bonchev–Trinajstić information content (AvgIpc) is 2.03. The van der Waals surface area contributed by atoms with Crippen molar-refractivity contribution < 1.29 is 13.2 Å². The van der Waals surface area contributed by atoms with Gasteiger partial charge < -0.3 is 4.55 Å². The molecule has 66 valence electrons. The van der Waals surface area contributed by atoms with Gasteiger partial charge in [-0.05, 0) is 35.5 Å². The molecular weight excluding hydrogens is 199 g/mol. The Morgan fingerprint density at radius 3 is 2.67 bits per heavy atom. The maximum absolute atomic E-state index is 12.9. The van der Waals surface area contributed by atoms with Crippen molar-refractivity contribution in [2.75, 3.05) is 6.26 Å². The van der Waals surface area contributed by atoms with Crippen LogP contribution in [-0.2, 0) is 11.1 Å². The number of rotatable bonds is 2. The molecule has 1 rings (SSSR count). The summed E-state index contributed by atoms with van der Waals surface area (Å²) >= 11 is -1.12. The molecule has 2 nitrogen and oxygen atoms in total. The van der Waals surface area contributed by atoms with Gasteiger partial charge in [-0.25, -0.2) is 4.39 Å². The molecule has 0 heterocycles. The molecular formula is C7H6FO2S2-. The minimum atomic E-state index is -2.49. The number of hydrogen-bond acceptors (Lipinski definition) is 3. The smallest absolute Gasteiger partial charge is 0.139 e. The van der Waals surface area contributed by atoms with Crippen LogP contribution in [-0.4, -0.2) is 15.0 Å². The van der Waals surface area contributed by atoms with Crippen molar-refractivity contribution in [1.29, 1.82) is 0 Å². The monoisotopic (exact) mass is 205 g/mol. The Morgan fingerprint density at radius 2 is 2.25 bits per heavy atom. The standard InChI is InChI=1S/C7H7FO2S2/c1-11-5-2-3-7(12(9)10)6(8)4-5/h2-4H,1H3,(H,9,10)/p-1. The normalized spacial score (nSPS) is 12.9. The van der Waals surface area contributed by atoms with E-state index < -0.39 is 16.9 Å². The molecule has 0 saturated carbocycles. The van der Waals surface area contributed by atoms with Crippen LogP contribution in [0.2, 0.25) is 0 Å². The molecule has 0 bridgehead atoms. The van der Waals surface area contributed by atoms with Gasteiger partial charge in [-0.1, -0.05) is 0 Å². The van der Waals surface area contributed by atoms with E-state index >= 15 is 0 Å². The van der Waals surface area contributed by atoms with Gasteiger partial charge in [0.1, 0.15) is 5.82 Å². The summed E-state index contributed by atoms with van der Waals surface area (Å²) in [5, 5.41) is 0. The van der Waals surface area contributed by atoms with E-state index in [1.54, 1.807) is 12.3 Å². The lowest BCUT2D eigenvalue weighted by Gasteiger charge is -2.06. The second-order valence-electron chi connectivity index (χ2n) is 2.03. The van der Waals surface area contributed by atoms with Crippen molar-refractivity contribution in [3.05, 3.63) is 24.0 Å². The predicted octanol–water partition coefficient (Wildman–Crippen LogP) is 1.79. The third-order valence-corrected chi connectivity index (χ3v) is 2.73. The molecule has 0 spiro atoms. The molecule has 0 radical (unpaired) electrons. The number of thioether (sulfide) groups is 1. The Labute approximate surface area is 76.5 Å². The zero-order valence-corrected chi connectivity index (χ0v) is 7.88. The zero-order valence-electron chi connectivity index (χ0n) is 6.24. The number of hydrogen-bond donors (Lipinski definition) is 0. The molecule has 12 heavy (non-hydrogen) atoms. The Hall–Kier alpha value is -0.390. The highest BCUT2D eigenvalue weighted by Gasteiger charge is 2.02. The van der Waals surface area contributed by atoms with Crippen LogP contribution in [0.4, 0.5) is 4.39 Å². The second kappa shape index (κ2) is 4.02. The maximum atomic E-state index is 12.9. The molecule has 5 heteroatoms. The van der Waals surface area contributed by atoms with Gasteiger partial charge in [-0.2, -0.15) is 0 Å². The van der Waals surface area contributed by atoms with Crippen molar-refractivity contribution >= 4 is 22.8 Å². The molecule has 0 fully saturated rings. The first kappa shape index (κ1) is 9.70. The van der Waals surface area contributed by atoms with E-state index in [2.05, 4.69) is 0 Å². The summed E-state index contributed by atoms with van der Waals surface area (Å²) in [6.07, 6.45) is 1.79. The Kier molecular flexibility index (Phi) is 3.25. The Balaban J connectivity index is 3.12. The fourth-order valence-electron chi connectivity index (χ4n) is 0.744. The minimum Gasteiger partial charge on any atom is -0.768 e. The molecule has 1 atom stereocenters. The van der Waals surface area contributed by atoms with E-state index in [-0.39, 0.29) is 4.90 Å². The number of halogens is 1. The van der Waals surface area contributed by atoms with Crippen molar-refractivity contribution in [2.24, 2.45) is 0 Å². The van der Waals surface area contributed by atoms with Crippen LogP contribution in [0.1, 0.15) is 0 Å². The molecule has 0 aliphatic carbocycles.